The molecule has 0 heterocycles. The summed E-state index contributed by atoms with van der Waals surface area (Å²) in [6, 6.07) is 4.83. The Morgan fingerprint density at radius 1 is 1.38 bits per heavy atom. The highest BCUT2D eigenvalue weighted by Crippen LogP contribution is 2.21. The van der Waals surface area contributed by atoms with Crippen LogP contribution in [0.25, 0.3) is 0 Å². The summed E-state index contributed by atoms with van der Waals surface area (Å²) in [5.74, 6) is -0.344. The molecule has 1 rings (SSSR count). The van der Waals surface area contributed by atoms with Crippen molar-refractivity contribution in [2.24, 2.45) is 0 Å². The Labute approximate surface area is 96.5 Å². The molecule has 0 amide bonds. The lowest BCUT2D eigenvalue weighted by molar-refractivity contribution is 0.158. The molecule has 0 radical (unpaired) electrons. The van der Waals surface area contributed by atoms with Gasteiger partial charge in [-0.05, 0) is 39.3 Å². The molecule has 3 heteroatoms. The smallest absolute Gasteiger partial charge is 0.129 e. The average molecular weight is 225 g/mol. The molecule has 0 bridgehead atoms. The molecule has 90 valence electrons. The predicted molar refractivity (Wildman–Crippen MR) is 63.9 cm³/mol. The molecule has 2 N–H and O–H groups in total. The maximum absolute atomic E-state index is 13.5. The van der Waals surface area contributed by atoms with E-state index in [1.54, 1.807) is 19.1 Å². The van der Waals surface area contributed by atoms with Crippen molar-refractivity contribution >= 4 is 0 Å². The number of β-amino-alcohol motifs (C(OH)–C–C–N with tert-alkyl or cyclic N) is 1. The summed E-state index contributed by atoms with van der Waals surface area (Å²) in [6.45, 7) is 8.18. The van der Waals surface area contributed by atoms with Crippen molar-refractivity contribution in [1.29, 1.82) is 0 Å². The monoisotopic (exact) mass is 225 g/mol. The van der Waals surface area contributed by atoms with Crippen LogP contribution in [-0.4, -0.2) is 17.2 Å². The lowest BCUT2D eigenvalue weighted by Gasteiger charge is -2.23. The number of hydrogen-bond acceptors (Lipinski definition) is 2. The van der Waals surface area contributed by atoms with E-state index >= 15 is 0 Å². The van der Waals surface area contributed by atoms with Crippen molar-refractivity contribution in [3.05, 3.63) is 35.1 Å². The average Bonchev–Trinajstić information content (AvgIpc) is 2.13. The summed E-state index contributed by atoms with van der Waals surface area (Å²) >= 11 is 0. The largest absolute Gasteiger partial charge is 0.387 e. The molecular formula is C13H20FNO. The Hall–Kier alpha value is -0.930. The van der Waals surface area contributed by atoms with Gasteiger partial charge >= 0.3 is 0 Å². The predicted octanol–water partition coefficient (Wildman–Crippen LogP) is 2.56. The van der Waals surface area contributed by atoms with Gasteiger partial charge in [-0.3, -0.25) is 0 Å². The molecule has 0 spiro atoms. The molecule has 0 fully saturated rings. The second-order valence-electron chi connectivity index (χ2n) is 5.12. The van der Waals surface area contributed by atoms with Crippen molar-refractivity contribution in [2.45, 2.75) is 39.3 Å². The van der Waals surface area contributed by atoms with Crippen LogP contribution in [0.5, 0.6) is 0 Å². The topological polar surface area (TPSA) is 32.3 Å². The van der Waals surface area contributed by atoms with Crippen LogP contribution >= 0.6 is 0 Å². The standard InChI is InChI=1S/C13H20FNO/c1-9-6-5-7-10(14)12(9)11(16)8-15-13(2,3)4/h5-7,11,15-16H,8H2,1-4H3/t11-/m0/s1. The fourth-order valence-corrected chi connectivity index (χ4v) is 1.57. The third kappa shape index (κ3) is 3.58. The minimum absolute atomic E-state index is 0.0832. The van der Waals surface area contributed by atoms with Gasteiger partial charge in [0.1, 0.15) is 5.82 Å². The molecule has 2 nitrogen and oxygen atoms in total. The second kappa shape index (κ2) is 4.93. The van der Waals surface area contributed by atoms with Crippen LogP contribution < -0.4 is 5.32 Å². The molecule has 1 aromatic rings. The molecule has 16 heavy (non-hydrogen) atoms. The van der Waals surface area contributed by atoms with Gasteiger partial charge in [-0.2, -0.15) is 0 Å². The number of halogens is 1. The first-order valence-corrected chi connectivity index (χ1v) is 5.49. The Kier molecular flexibility index (Phi) is 4.05. The van der Waals surface area contributed by atoms with Crippen LogP contribution in [0, 0.1) is 12.7 Å². The second-order valence-corrected chi connectivity index (χ2v) is 5.12. The zero-order valence-corrected chi connectivity index (χ0v) is 10.3. The van der Waals surface area contributed by atoms with Crippen LogP contribution in [0.2, 0.25) is 0 Å². The maximum atomic E-state index is 13.5. The molecule has 0 saturated carbocycles. The zero-order chi connectivity index (χ0) is 12.3. The van der Waals surface area contributed by atoms with Gasteiger partial charge in [-0.15, -0.1) is 0 Å². The van der Waals surface area contributed by atoms with Crippen molar-refractivity contribution < 1.29 is 9.50 Å². The molecule has 0 aromatic heterocycles. The fraction of sp³-hybridized carbons (Fsp3) is 0.538. The SMILES string of the molecule is Cc1cccc(F)c1[C@@H](O)CNC(C)(C)C. The summed E-state index contributed by atoms with van der Waals surface area (Å²) in [7, 11) is 0. The Balaban J connectivity index is 2.77. The van der Waals surface area contributed by atoms with Gasteiger partial charge in [0, 0.05) is 17.6 Å². The molecule has 0 aliphatic carbocycles. The van der Waals surface area contributed by atoms with E-state index in [0.717, 1.165) is 5.56 Å². The van der Waals surface area contributed by atoms with E-state index in [0.29, 0.717) is 12.1 Å². The highest BCUT2D eigenvalue weighted by molar-refractivity contribution is 5.29. The summed E-state index contributed by atoms with van der Waals surface area (Å²) < 4.78 is 13.5. The van der Waals surface area contributed by atoms with E-state index in [4.69, 9.17) is 0 Å². The first-order valence-electron chi connectivity index (χ1n) is 5.49. The summed E-state index contributed by atoms with van der Waals surface area (Å²) in [4.78, 5) is 0. The lowest BCUT2D eigenvalue weighted by atomic mass is 10.0. The maximum Gasteiger partial charge on any atom is 0.129 e. The number of hydrogen-bond donors (Lipinski definition) is 2. The minimum Gasteiger partial charge on any atom is -0.387 e. The summed E-state index contributed by atoms with van der Waals surface area (Å²) in [5.41, 5.74) is 1.09. The van der Waals surface area contributed by atoms with Gasteiger partial charge in [-0.1, -0.05) is 12.1 Å². The third-order valence-electron chi connectivity index (χ3n) is 2.43. The third-order valence-corrected chi connectivity index (χ3v) is 2.43. The van der Waals surface area contributed by atoms with Crippen LogP contribution in [0.4, 0.5) is 4.39 Å². The molecule has 0 aliphatic heterocycles. The van der Waals surface area contributed by atoms with Gasteiger partial charge in [0.2, 0.25) is 0 Å². The van der Waals surface area contributed by atoms with E-state index in [1.165, 1.54) is 6.07 Å². The molecule has 0 aliphatic rings. The first kappa shape index (κ1) is 13.1. The van der Waals surface area contributed by atoms with Crippen molar-refractivity contribution in [3.63, 3.8) is 0 Å². The van der Waals surface area contributed by atoms with Gasteiger partial charge in [-0.25, -0.2) is 4.39 Å². The molecular weight excluding hydrogens is 205 g/mol. The van der Waals surface area contributed by atoms with E-state index in [-0.39, 0.29) is 11.4 Å². The lowest BCUT2D eigenvalue weighted by Crippen LogP contribution is -2.38. The van der Waals surface area contributed by atoms with Crippen LogP contribution in [0.15, 0.2) is 18.2 Å². The van der Waals surface area contributed by atoms with E-state index in [9.17, 15) is 9.50 Å². The van der Waals surface area contributed by atoms with E-state index in [2.05, 4.69) is 5.32 Å². The van der Waals surface area contributed by atoms with E-state index in [1.807, 2.05) is 20.8 Å². The first-order chi connectivity index (χ1) is 7.31. The Morgan fingerprint density at radius 3 is 2.50 bits per heavy atom. The number of rotatable bonds is 3. The van der Waals surface area contributed by atoms with Crippen molar-refractivity contribution in [1.82, 2.24) is 5.32 Å². The Bertz CT molecular complexity index is 337. The quantitative estimate of drug-likeness (QED) is 0.828. The normalized spacial score (nSPS) is 13.9. The van der Waals surface area contributed by atoms with Crippen LogP contribution in [-0.2, 0) is 0 Å². The van der Waals surface area contributed by atoms with Crippen LogP contribution in [0.1, 0.15) is 38.0 Å². The van der Waals surface area contributed by atoms with Gasteiger partial charge in [0.15, 0.2) is 0 Å². The van der Waals surface area contributed by atoms with Crippen molar-refractivity contribution in [3.8, 4) is 0 Å². The fourth-order valence-electron chi connectivity index (χ4n) is 1.57. The zero-order valence-electron chi connectivity index (χ0n) is 10.3. The minimum atomic E-state index is -0.805. The summed E-state index contributed by atoms with van der Waals surface area (Å²) in [6.07, 6.45) is -0.805. The van der Waals surface area contributed by atoms with E-state index < -0.39 is 6.10 Å². The number of aliphatic hydroxyl groups is 1. The van der Waals surface area contributed by atoms with Crippen molar-refractivity contribution in [2.75, 3.05) is 6.54 Å². The number of nitrogens with one attached hydrogen (secondary N) is 1. The number of benzene rings is 1. The van der Waals surface area contributed by atoms with Crippen LogP contribution in [0.3, 0.4) is 0 Å². The summed E-state index contributed by atoms with van der Waals surface area (Å²) in [5, 5.41) is 13.1. The highest BCUT2D eigenvalue weighted by Gasteiger charge is 2.17. The number of aryl methyl sites for hydroxylation is 1. The molecule has 0 unspecified atom stereocenters. The van der Waals surface area contributed by atoms with Gasteiger partial charge in [0.25, 0.3) is 0 Å². The Morgan fingerprint density at radius 2 is 2.00 bits per heavy atom. The van der Waals surface area contributed by atoms with Gasteiger partial charge in [0.05, 0.1) is 6.10 Å². The highest BCUT2D eigenvalue weighted by atomic mass is 19.1. The molecule has 1 aromatic carbocycles. The number of aliphatic hydroxyl groups excluding tert-OH is 1. The molecule has 1 atom stereocenters. The van der Waals surface area contributed by atoms with Gasteiger partial charge < -0.3 is 10.4 Å². The molecule has 0 saturated heterocycles.